The zero-order valence-electron chi connectivity index (χ0n) is 14.8. The maximum Gasteiger partial charge on any atom is 0.341 e. The van der Waals surface area contributed by atoms with Gasteiger partial charge in [-0.2, -0.15) is 0 Å². The van der Waals surface area contributed by atoms with E-state index in [0.717, 1.165) is 17.7 Å². The third-order valence-electron chi connectivity index (χ3n) is 4.56. The summed E-state index contributed by atoms with van der Waals surface area (Å²) in [6.45, 7) is 1.93. The van der Waals surface area contributed by atoms with Gasteiger partial charge in [0.2, 0.25) is 0 Å². The van der Waals surface area contributed by atoms with Crippen molar-refractivity contribution in [1.29, 1.82) is 0 Å². The monoisotopic (exact) mass is 388 g/mol. The molecule has 2 nitrogen and oxygen atoms in total. The maximum absolute atomic E-state index is 14.6. The Kier molecular flexibility index (Phi) is 5.49. The molecule has 0 amide bonds. The van der Waals surface area contributed by atoms with E-state index in [4.69, 9.17) is 5.11 Å². The molecule has 0 saturated heterocycles. The van der Waals surface area contributed by atoms with Crippen LogP contribution in [-0.4, -0.2) is 11.1 Å². The highest BCUT2D eigenvalue weighted by atomic mass is 19.1. The van der Waals surface area contributed by atoms with Crippen LogP contribution in [0.4, 0.5) is 17.6 Å². The smallest absolute Gasteiger partial charge is 0.341 e. The van der Waals surface area contributed by atoms with Crippen molar-refractivity contribution in [1.82, 2.24) is 0 Å². The second kappa shape index (κ2) is 7.84. The molecule has 1 atom stereocenters. The van der Waals surface area contributed by atoms with Crippen molar-refractivity contribution in [2.45, 2.75) is 19.3 Å². The van der Waals surface area contributed by atoms with Crippen LogP contribution in [0.2, 0.25) is 0 Å². The van der Waals surface area contributed by atoms with Crippen molar-refractivity contribution < 1.29 is 27.5 Å². The quantitative estimate of drug-likeness (QED) is 0.548. The van der Waals surface area contributed by atoms with Gasteiger partial charge in [0.15, 0.2) is 0 Å². The van der Waals surface area contributed by atoms with E-state index in [9.17, 15) is 22.4 Å². The highest BCUT2D eigenvalue weighted by Crippen LogP contribution is 2.31. The molecule has 0 spiro atoms. The Bertz CT molecular complexity index is 986. The summed E-state index contributed by atoms with van der Waals surface area (Å²) >= 11 is 0. The number of rotatable bonds is 5. The Labute approximate surface area is 159 Å². The summed E-state index contributed by atoms with van der Waals surface area (Å²) in [5.41, 5.74) is -0.764. The lowest BCUT2D eigenvalue weighted by molar-refractivity contribution is 0.0686. The van der Waals surface area contributed by atoms with Crippen molar-refractivity contribution in [3.63, 3.8) is 0 Å². The summed E-state index contributed by atoms with van der Waals surface area (Å²) in [5, 5.41) is 8.80. The van der Waals surface area contributed by atoms with E-state index in [0.29, 0.717) is 24.1 Å². The Morgan fingerprint density at radius 1 is 0.893 bits per heavy atom. The largest absolute Gasteiger partial charge is 0.477 e. The molecule has 0 aliphatic rings. The third-order valence-corrected chi connectivity index (χ3v) is 4.56. The first kappa shape index (κ1) is 19.6. The van der Waals surface area contributed by atoms with Gasteiger partial charge in [0.05, 0.1) is 5.56 Å². The zero-order valence-corrected chi connectivity index (χ0v) is 14.8. The van der Waals surface area contributed by atoms with E-state index < -0.39 is 45.9 Å². The number of carboxylic acids is 1. The van der Waals surface area contributed by atoms with Crippen molar-refractivity contribution in [3.05, 3.63) is 94.6 Å². The number of aromatic carboxylic acids is 1. The van der Waals surface area contributed by atoms with Gasteiger partial charge in [0, 0.05) is 0 Å². The molecule has 3 rings (SSSR count). The molecule has 0 radical (unpaired) electrons. The van der Waals surface area contributed by atoms with Crippen LogP contribution in [0.15, 0.2) is 54.6 Å². The molecule has 0 aliphatic carbocycles. The number of benzene rings is 3. The molecule has 1 N–H and O–H groups in total. The highest BCUT2D eigenvalue weighted by Gasteiger charge is 2.22. The second-order valence-electron chi connectivity index (χ2n) is 6.57. The van der Waals surface area contributed by atoms with Crippen molar-refractivity contribution in [3.8, 4) is 11.1 Å². The van der Waals surface area contributed by atoms with Gasteiger partial charge < -0.3 is 5.11 Å². The summed E-state index contributed by atoms with van der Waals surface area (Å²) in [6, 6.07) is 12.9. The number of carbonyl (C=O) groups is 1. The molecule has 0 saturated carbocycles. The van der Waals surface area contributed by atoms with Crippen molar-refractivity contribution in [2.24, 2.45) is 0 Å². The van der Waals surface area contributed by atoms with E-state index in [-0.39, 0.29) is 5.92 Å². The zero-order chi connectivity index (χ0) is 20.4. The lowest BCUT2D eigenvalue weighted by Gasteiger charge is -2.14. The first-order valence-electron chi connectivity index (χ1n) is 8.53. The minimum Gasteiger partial charge on any atom is -0.477 e. The predicted molar refractivity (Wildman–Crippen MR) is 97.2 cm³/mol. The summed E-state index contributed by atoms with van der Waals surface area (Å²) in [5.74, 6) is -6.54. The van der Waals surface area contributed by atoms with Crippen LogP contribution in [-0.2, 0) is 6.42 Å². The lowest BCUT2D eigenvalue weighted by atomic mass is 9.92. The Morgan fingerprint density at radius 3 is 1.93 bits per heavy atom. The fraction of sp³-hybridized carbons (Fsp3) is 0.136. The molecule has 0 heterocycles. The Morgan fingerprint density at radius 2 is 1.43 bits per heavy atom. The Hall–Kier alpha value is -3.15. The average Bonchev–Trinajstić information content (AvgIpc) is 2.61. The summed E-state index contributed by atoms with van der Waals surface area (Å²) in [7, 11) is 0. The van der Waals surface area contributed by atoms with Gasteiger partial charge in [-0.25, -0.2) is 22.4 Å². The molecule has 3 aromatic carbocycles. The first-order chi connectivity index (χ1) is 13.3. The average molecular weight is 388 g/mol. The van der Waals surface area contributed by atoms with E-state index in [1.54, 1.807) is 0 Å². The van der Waals surface area contributed by atoms with Crippen LogP contribution in [0.3, 0.4) is 0 Å². The molecule has 28 heavy (non-hydrogen) atoms. The topological polar surface area (TPSA) is 37.3 Å². The number of halogens is 4. The van der Waals surface area contributed by atoms with Gasteiger partial charge in [-0.05, 0) is 53.3 Å². The minimum absolute atomic E-state index is 0.00980. The first-order valence-corrected chi connectivity index (χ1v) is 8.53. The fourth-order valence-electron chi connectivity index (χ4n) is 3.19. The second-order valence-corrected chi connectivity index (χ2v) is 6.57. The normalized spacial score (nSPS) is 12.0. The highest BCUT2D eigenvalue weighted by molar-refractivity contribution is 5.89. The van der Waals surface area contributed by atoms with Gasteiger partial charge in [0.25, 0.3) is 0 Å². The third kappa shape index (κ3) is 3.91. The standard InChI is InChI=1S/C22H16F4O2/c1-12(14-5-3-2-4-6-14)7-13-8-16(23)20(17(24)9-13)15-10-18(25)21(22(27)28)19(26)11-15/h2-6,8-12H,7H2,1H3,(H,27,28)/t12-/m1/s1. The number of carboxylic acid groups (broad SMARTS) is 1. The molecule has 3 aromatic rings. The minimum atomic E-state index is -1.80. The molecule has 0 unspecified atom stereocenters. The molecular weight excluding hydrogens is 372 g/mol. The summed E-state index contributed by atoms with van der Waals surface area (Å²) < 4.78 is 56.9. The van der Waals surface area contributed by atoms with Gasteiger partial charge in [0.1, 0.15) is 28.8 Å². The Balaban J connectivity index is 1.96. The van der Waals surface area contributed by atoms with E-state index in [2.05, 4.69) is 0 Å². The van der Waals surface area contributed by atoms with Crippen LogP contribution in [0.25, 0.3) is 11.1 Å². The maximum atomic E-state index is 14.6. The van der Waals surface area contributed by atoms with Crippen molar-refractivity contribution >= 4 is 5.97 Å². The predicted octanol–water partition coefficient (Wildman–Crippen LogP) is 5.95. The van der Waals surface area contributed by atoms with Crippen LogP contribution < -0.4 is 0 Å². The van der Waals surface area contributed by atoms with Crippen molar-refractivity contribution in [2.75, 3.05) is 0 Å². The lowest BCUT2D eigenvalue weighted by Crippen LogP contribution is -2.06. The summed E-state index contributed by atoms with van der Waals surface area (Å²) in [6.07, 6.45) is 0.374. The number of hydrogen-bond donors (Lipinski definition) is 1. The molecule has 0 fully saturated rings. The molecule has 0 bridgehead atoms. The summed E-state index contributed by atoms with van der Waals surface area (Å²) in [4.78, 5) is 10.9. The molecular formula is C22H16F4O2. The van der Waals surface area contributed by atoms with Crippen LogP contribution in [0.1, 0.15) is 34.3 Å². The fourth-order valence-corrected chi connectivity index (χ4v) is 3.19. The van der Waals surface area contributed by atoms with E-state index in [1.165, 1.54) is 0 Å². The van der Waals surface area contributed by atoms with Crippen LogP contribution in [0, 0.1) is 23.3 Å². The molecule has 0 aromatic heterocycles. The molecule has 6 heteroatoms. The van der Waals surface area contributed by atoms with Gasteiger partial charge in [-0.1, -0.05) is 37.3 Å². The van der Waals surface area contributed by atoms with Gasteiger partial charge in [-0.3, -0.25) is 0 Å². The molecule has 0 aliphatic heterocycles. The van der Waals surface area contributed by atoms with Gasteiger partial charge in [-0.15, -0.1) is 0 Å². The van der Waals surface area contributed by atoms with E-state index in [1.807, 2.05) is 37.3 Å². The van der Waals surface area contributed by atoms with Crippen LogP contribution in [0.5, 0.6) is 0 Å². The number of hydrogen-bond acceptors (Lipinski definition) is 1. The van der Waals surface area contributed by atoms with E-state index >= 15 is 0 Å². The van der Waals surface area contributed by atoms with Crippen LogP contribution >= 0.6 is 0 Å². The molecule has 144 valence electrons. The van der Waals surface area contributed by atoms with Gasteiger partial charge >= 0.3 is 5.97 Å². The SMILES string of the molecule is C[C@H](Cc1cc(F)c(-c2cc(F)c(C(=O)O)c(F)c2)c(F)c1)c1ccccc1.